The van der Waals surface area contributed by atoms with E-state index in [9.17, 15) is 18.3 Å². The van der Waals surface area contributed by atoms with Crippen molar-refractivity contribution < 1.29 is 23.0 Å². The number of anilines is 1. The number of aromatic nitrogens is 4. The highest BCUT2D eigenvalue weighted by Crippen LogP contribution is 2.39. The fraction of sp³-hybridized carbons (Fsp3) is 0.476. The molecule has 0 unspecified atom stereocenters. The van der Waals surface area contributed by atoms with Crippen molar-refractivity contribution in [2.45, 2.75) is 46.1 Å². The minimum Gasteiger partial charge on any atom is -0.480 e. The lowest BCUT2D eigenvalue weighted by Crippen LogP contribution is -2.42. The van der Waals surface area contributed by atoms with Crippen LogP contribution in [-0.2, 0) is 19.3 Å². The molecule has 3 aromatic rings. The van der Waals surface area contributed by atoms with Gasteiger partial charge in [-0.05, 0) is 36.1 Å². The average Bonchev–Trinajstić information content (AvgIpc) is 3.08. The molecule has 1 atom stereocenters. The molecule has 31 heavy (non-hydrogen) atoms. The molecule has 1 aromatic carbocycles. The number of aliphatic hydroxyl groups excluding tert-OH is 1. The number of fused-ring (bicyclic) bond motifs is 3. The van der Waals surface area contributed by atoms with E-state index in [-0.39, 0.29) is 24.5 Å². The standard InChI is InChI=1S/C21H24F3N5O2/c1-11(2)17-18-26-15-8-13(10-30)12(3)7-16(15)28(18)5-6-29(17)20-25-9-14(21(22,23)24)19(27-20)31-4/h7-9,11,17,30H,5-6,10H2,1-4H3/t17-/m1/s1. The first kappa shape index (κ1) is 21.4. The minimum atomic E-state index is -4.60. The monoisotopic (exact) mass is 435 g/mol. The highest BCUT2D eigenvalue weighted by Gasteiger charge is 2.38. The summed E-state index contributed by atoms with van der Waals surface area (Å²) in [5, 5.41) is 9.59. The van der Waals surface area contributed by atoms with Crippen molar-refractivity contribution in [3.63, 3.8) is 0 Å². The maximum atomic E-state index is 13.2. The molecule has 1 N–H and O–H groups in total. The number of aryl methyl sites for hydroxylation is 1. The zero-order valence-corrected chi connectivity index (χ0v) is 17.7. The normalized spacial score (nSPS) is 16.8. The average molecular weight is 435 g/mol. The molecule has 0 fully saturated rings. The molecule has 0 spiro atoms. The van der Waals surface area contributed by atoms with Crippen LogP contribution in [0, 0.1) is 12.8 Å². The van der Waals surface area contributed by atoms with E-state index < -0.39 is 17.6 Å². The molecule has 0 saturated heterocycles. The molecule has 7 nitrogen and oxygen atoms in total. The summed E-state index contributed by atoms with van der Waals surface area (Å²) < 4.78 is 46.7. The third-order valence-electron chi connectivity index (χ3n) is 5.70. The molecule has 10 heteroatoms. The van der Waals surface area contributed by atoms with Crippen LogP contribution in [-0.4, -0.2) is 38.3 Å². The van der Waals surface area contributed by atoms with Gasteiger partial charge >= 0.3 is 6.18 Å². The predicted molar refractivity (Wildman–Crippen MR) is 109 cm³/mol. The topological polar surface area (TPSA) is 76.3 Å². The molecular weight excluding hydrogens is 411 g/mol. The van der Waals surface area contributed by atoms with Gasteiger partial charge in [0.2, 0.25) is 11.8 Å². The molecule has 0 bridgehead atoms. The fourth-order valence-corrected chi connectivity index (χ4v) is 4.18. The number of ether oxygens (including phenoxy) is 1. The molecule has 1 aliphatic heterocycles. The summed E-state index contributed by atoms with van der Waals surface area (Å²) in [6.45, 7) is 7.03. The second-order valence-corrected chi connectivity index (χ2v) is 8.02. The van der Waals surface area contributed by atoms with Crippen molar-refractivity contribution >= 4 is 17.0 Å². The zero-order valence-electron chi connectivity index (χ0n) is 17.7. The van der Waals surface area contributed by atoms with Gasteiger partial charge in [0.05, 0.1) is 30.8 Å². The van der Waals surface area contributed by atoms with Crippen molar-refractivity contribution in [2.75, 3.05) is 18.6 Å². The number of halogens is 3. The Morgan fingerprint density at radius 1 is 1.23 bits per heavy atom. The Kier molecular flexibility index (Phi) is 5.28. The van der Waals surface area contributed by atoms with E-state index in [1.807, 2.05) is 37.8 Å². The van der Waals surface area contributed by atoms with Crippen LogP contribution in [0.4, 0.5) is 19.1 Å². The van der Waals surface area contributed by atoms with E-state index in [0.717, 1.165) is 41.3 Å². The lowest BCUT2D eigenvalue weighted by Gasteiger charge is -2.38. The third kappa shape index (κ3) is 3.58. The number of hydrogen-bond acceptors (Lipinski definition) is 6. The van der Waals surface area contributed by atoms with E-state index in [1.165, 1.54) is 0 Å². The van der Waals surface area contributed by atoms with Crippen molar-refractivity contribution in [2.24, 2.45) is 5.92 Å². The first-order chi connectivity index (χ1) is 14.7. The summed E-state index contributed by atoms with van der Waals surface area (Å²) in [7, 11) is 1.16. The van der Waals surface area contributed by atoms with Gasteiger partial charge in [-0.2, -0.15) is 18.2 Å². The fourth-order valence-electron chi connectivity index (χ4n) is 4.18. The number of imidazole rings is 1. The highest BCUT2D eigenvalue weighted by atomic mass is 19.4. The van der Waals surface area contributed by atoms with Gasteiger partial charge in [0.15, 0.2) is 0 Å². The third-order valence-corrected chi connectivity index (χ3v) is 5.70. The smallest absolute Gasteiger partial charge is 0.423 e. The summed E-state index contributed by atoms with van der Waals surface area (Å²) in [6, 6.07) is 3.66. The van der Waals surface area contributed by atoms with E-state index in [0.29, 0.717) is 13.1 Å². The van der Waals surface area contributed by atoms with Crippen molar-refractivity contribution in [3.05, 3.63) is 40.8 Å². The zero-order chi connectivity index (χ0) is 22.5. The Labute approximate surface area is 177 Å². The van der Waals surface area contributed by atoms with E-state index in [1.54, 1.807) is 0 Å². The van der Waals surface area contributed by atoms with Gasteiger partial charge in [-0.15, -0.1) is 0 Å². The maximum Gasteiger partial charge on any atom is 0.423 e. The molecule has 3 heterocycles. The Morgan fingerprint density at radius 3 is 2.58 bits per heavy atom. The number of nitrogens with zero attached hydrogens (tertiary/aromatic N) is 5. The largest absolute Gasteiger partial charge is 0.480 e. The molecule has 0 amide bonds. The molecule has 4 rings (SSSR count). The number of hydrogen-bond donors (Lipinski definition) is 1. The summed E-state index contributed by atoms with van der Waals surface area (Å²) in [5.41, 5.74) is 2.55. The Hall–Kier alpha value is -2.88. The maximum absolute atomic E-state index is 13.2. The van der Waals surface area contributed by atoms with Crippen LogP contribution in [0.5, 0.6) is 5.88 Å². The van der Waals surface area contributed by atoms with Crippen LogP contribution < -0.4 is 9.64 Å². The number of aliphatic hydroxyl groups is 1. The first-order valence-corrected chi connectivity index (χ1v) is 10.0. The number of alkyl halides is 3. The van der Waals surface area contributed by atoms with Gasteiger partial charge in [0, 0.05) is 19.3 Å². The molecule has 166 valence electrons. The van der Waals surface area contributed by atoms with Crippen LogP contribution in [0.2, 0.25) is 0 Å². The van der Waals surface area contributed by atoms with Crippen LogP contribution in [0.1, 0.15) is 42.4 Å². The van der Waals surface area contributed by atoms with Gasteiger partial charge in [-0.3, -0.25) is 0 Å². The lowest BCUT2D eigenvalue weighted by atomic mass is 10.00. The summed E-state index contributed by atoms with van der Waals surface area (Å²) in [5.74, 6) is 0.566. The van der Waals surface area contributed by atoms with Crippen LogP contribution in [0.15, 0.2) is 18.3 Å². The Balaban J connectivity index is 1.81. The van der Waals surface area contributed by atoms with Gasteiger partial charge in [0.1, 0.15) is 11.4 Å². The summed E-state index contributed by atoms with van der Waals surface area (Å²) >= 11 is 0. The summed E-state index contributed by atoms with van der Waals surface area (Å²) in [4.78, 5) is 14.8. The van der Waals surface area contributed by atoms with Crippen molar-refractivity contribution in [1.82, 2.24) is 19.5 Å². The number of rotatable bonds is 4. The molecule has 0 aliphatic carbocycles. The van der Waals surface area contributed by atoms with Gasteiger partial charge in [-0.25, -0.2) is 9.97 Å². The lowest BCUT2D eigenvalue weighted by molar-refractivity contribution is -0.139. The van der Waals surface area contributed by atoms with Crippen molar-refractivity contribution in [1.29, 1.82) is 0 Å². The number of benzene rings is 1. The number of methoxy groups -OCH3 is 1. The quantitative estimate of drug-likeness (QED) is 0.671. The van der Waals surface area contributed by atoms with E-state index in [4.69, 9.17) is 9.72 Å². The van der Waals surface area contributed by atoms with Gasteiger partial charge in [0.25, 0.3) is 0 Å². The van der Waals surface area contributed by atoms with Crippen LogP contribution >= 0.6 is 0 Å². The van der Waals surface area contributed by atoms with Gasteiger partial charge in [-0.1, -0.05) is 13.8 Å². The van der Waals surface area contributed by atoms with Gasteiger partial charge < -0.3 is 19.3 Å². The van der Waals surface area contributed by atoms with Crippen molar-refractivity contribution in [3.8, 4) is 5.88 Å². The minimum absolute atomic E-state index is 0.0666. The molecule has 1 aliphatic rings. The second kappa shape index (κ2) is 7.67. The van der Waals surface area contributed by atoms with Crippen LogP contribution in [0.3, 0.4) is 0 Å². The molecular formula is C21H24F3N5O2. The highest BCUT2D eigenvalue weighted by molar-refractivity contribution is 5.78. The Morgan fingerprint density at radius 2 is 1.97 bits per heavy atom. The first-order valence-electron chi connectivity index (χ1n) is 10.0. The molecule has 2 aromatic heterocycles. The molecule has 0 saturated carbocycles. The van der Waals surface area contributed by atoms with E-state index >= 15 is 0 Å². The second-order valence-electron chi connectivity index (χ2n) is 8.02. The summed E-state index contributed by atoms with van der Waals surface area (Å²) in [6.07, 6.45) is -3.83. The Bertz CT molecular complexity index is 1130. The van der Waals surface area contributed by atoms with Crippen LogP contribution in [0.25, 0.3) is 11.0 Å². The molecule has 0 radical (unpaired) electrons. The van der Waals surface area contributed by atoms with E-state index in [2.05, 4.69) is 14.5 Å². The predicted octanol–water partition coefficient (Wildman–Crippen LogP) is 3.87. The SMILES string of the molecule is COc1nc(N2CCn3c(nc4cc(CO)c(C)cc43)[C@H]2C(C)C)ncc1C(F)(F)F.